The minimum Gasteiger partial charge on any atom is -0.355 e. The molecule has 21 heavy (non-hydrogen) atoms. The maximum absolute atomic E-state index is 12.3. The smallest absolute Gasteiger partial charge is 0.189 e. The summed E-state index contributed by atoms with van der Waals surface area (Å²) in [5.41, 5.74) is 2.69. The molecule has 0 radical (unpaired) electrons. The van der Waals surface area contributed by atoms with Crippen LogP contribution in [-0.4, -0.2) is 22.3 Å². The standard InChI is InChI=1S/C16H16BrNO2S/c1-9-15(11(3)19)10(2)18-16(9)14(20)8-21-13-6-4-12(17)5-7-13/h4-7,18H,8H2,1-3H3. The van der Waals surface area contributed by atoms with E-state index < -0.39 is 0 Å². The molecule has 2 rings (SSSR count). The zero-order chi connectivity index (χ0) is 15.6. The zero-order valence-electron chi connectivity index (χ0n) is 12.1. The Labute approximate surface area is 136 Å². The van der Waals surface area contributed by atoms with Gasteiger partial charge in [0.25, 0.3) is 0 Å². The Morgan fingerprint density at radius 2 is 1.81 bits per heavy atom. The van der Waals surface area contributed by atoms with Crippen molar-refractivity contribution in [3.8, 4) is 0 Å². The van der Waals surface area contributed by atoms with E-state index >= 15 is 0 Å². The normalized spacial score (nSPS) is 10.7. The minimum atomic E-state index is -0.0131. The van der Waals surface area contributed by atoms with Crippen LogP contribution in [0.25, 0.3) is 0 Å². The molecule has 3 nitrogen and oxygen atoms in total. The molecule has 0 fully saturated rings. The molecular formula is C16H16BrNO2S. The van der Waals surface area contributed by atoms with Crippen LogP contribution < -0.4 is 0 Å². The van der Waals surface area contributed by atoms with Crippen LogP contribution in [0.3, 0.4) is 0 Å². The van der Waals surface area contributed by atoms with Crippen molar-refractivity contribution in [3.63, 3.8) is 0 Å². The first kappa shape index (κ1) is 16.0. The van der Waals surface area contributed by atoms with Crippen molar-refractivity contribution in [1.82, 2.24) is 4.98 Å². The van der Waals surface area contributed by atoms with Gasteiger partial charge in [-0.1, -0.05) is 15.9 Å². The molecular weight excluding hydrogens is 350 g/mol. The fourth-order valence-electron chi connectivity index (χ4n) is 2.31. The Kier molecular flexibility index (Phi) is 5.06. The molecule has 5 heteroatoms. The Balaban J connectivity index is 2.12. The molecule has 0 unspecified atom stereocenters. The summed E-state index contributed by atoms with van der Waals surface area (Å²) in [5, 5.41) is 0. The number of Topliss-reactive ketones (excluding diaryl/α,β-unsaturated/α-hetero) is 2. The van der Waals surface area contributed by atoms with Gasteiger partial charge in [0.1, 0.15) is 0 Å². The third-order valence-corrected chi connectivity index (χ3v) is 4.79. The Morgan fingerprint density at radius 1 is 1.19 bits per heavy atom. The van der Waals surface area contributed by atoms with Gasteiger partial charge in [-0.3, -0.25) is 9.59 Å². The van der Waals surface area contributed by atoms with Crippen LogP contribution >= 0.6 is 27.7 Å². The predicted molar refractivity (Wildman–Crippen MR) is 89.5 cm³/mol. The van der Waals surface area contributed by atoms with Gasteiger partial charge in [0.05, 0.1) is 11.4 Å². The lowest BCUT2D eigenvalue weighted by Crippen LogP contribution is -2.05. The van der Waals surface area contributed by atoms with Gasteiger partial charge in [0, 0.05) is 20.6 Å². The molecule has 0 saturated heterocycles. The number of ketones is 2. The number of aryl methyl sites for hydroxylation is 1. The van der Waals surface area contributed by atoms with Crippen molar-refractivity contribution in [2.24, 2.45) is 0 Å². The van der Waals surface area contributed by atoms with E-state index in [4.69, 9.17) is 0 Å². The number of rotatable bonds is 5. The van der Waals surface area contributed by atoms with Crippen molar-refractivity contribution < 1.29 is 9.59 Å². The van der Waals surface area contributed by atoms with E-state index in [1.165, 1.54) is 18.7 Å². The van der Waals surface area contributed by atoms with Gasteiger partial charge in [-0.25, -0.2) is 0 Å². The highest BCUT2D eigenvalue weighted by Gasteiger charge is 2.19. The van der Waals surface area contributed by atoms with Gasteiger partial charge >= 0.3 is 0 Å². The van der Waals surface area contributed by atoms with Crippen LogP contribution in [0, 0.1) is 13.8 Å². The molecule has 1 heterocycles. The van der Waals surface area contributed by atoms with E-state index in [2.05, 4.69) is 20.9 Å². The van der Waals surface area contributed by atoms with Gasteiger partial charge < -0.3 is 4.98 Å². The summed E-state index contributed by atoms with van der Waals surface area (Å²) >= 11 is 4.87. The van der Waals surface area contributed by atoms with Crippen molar-refractivity contribution in [1.29, 1.82) is 0 Å². The molecule has 110 valence electrons. The highest BCUT2D eigenvalue weighted by atomic mass is 79.9. The van der Waals surface area contributed by atoms with Crippen LogP contribution in [0.4, 0.5) is 0 Å². The van der Waals surface area contributed by atoms with Crippen molar-refractivity contribution >= 4 is 39.3 Å². The summed E-state index contributed by atoms with van der Waals surface area (Å²) in [6.45, 7) is 5.16. The van der Waals surface area contributed by atoms with Gasteiger partial charge in [0.15, 0.2) is 11.6 Å². The highest BCUT2D eigenvalue weighted by molar-refractivity contribution is 9.10. The summed E-state index contributed by atoms with van der Waals surface area (Å²) in [5.74, 6) is 0.344. The van der Waals surface area contributed by atoms with E-state index in [-0.39, 0.29) is 11.6 Å². The molecule has 0 spiro atoms. The third-order valence-electron chi connectivity index (χ3n) is 3.25. The van der Waals surface area contributed by atoms with Crippen molar-refractivity contribution in [2.45, 2.75) is 25.7 Å². The maximum Gasteiger partial charge on any atom is 0.189 e. The second-order valence-corrected chi connectivity index (χ2v) is 6.81. The number of thioether (sulfide) groups is 1. The molecule has 0 saturated carbocycles. The van der Waals surface area contributed by atoms with E-state index in [9.17, 15) is 9.59 Å². The first-order valence-corrected chi connectivity index (χ1v) is 8.29. The molecule has 1 N–H and O–H groups in total. The quantitative estimate of drug-likeness (QED) is 0.623. The summed E-state index contributed by atoms with van der Waals surface area (Å²) in [4.78, 5) is 28.0. The molecule has 0 aliphatic rings. The van der Waals surface area contributed by atoms with Gasteiger partial charge in [-0.2, -0.15) is 0 Å². The largest absolute Gasteiger partial charge is 0.355 e. The van der Waals surface area contributed by atoms with E-state index in [0.717, 1.165) is 20.6 Å². The number of nitrogens with one attached hydrogen (secondary N) is 1. The van der Waals surface area contributed by atoms with E-state index in [1.54, 1.807) is 0 Å². The Hall–Kier alpha value is -1.33. The topological polar surface area (TPSA) is 49.9 Å². The van der Waals surface area contributed by atoms with Crippen LogP contribution in [0.1, 0.15) is 39.0 Å². The van der Waals surface area contributed by atoms with Crippen molar-refractivity contribution in [2.75, 3.05) is 5.75 Å². The summed E-state index contributed by atoms with van der Waals surface area (Å²) in [6, 6.07) is 7.83. The third kappa shape index (κ3) is 3.66. The monoisotopic (exact) mass is 365 g/mol. The first-order valence-electron chi connectivity index (χ1n) is 6.51. The number of aromatic nitrogens is 1. The van der Waals surface area contributed by atoms with Crippen LogP contribution in [0.2, 0.25) is 0 Å². The molecule has 2 aromatic rings. The van der Waals surface area contributed by atoms with Gasteiger partial charge in [-0.05, 0) is 50.6 Å². The minimum absolute atomic E-state index is 0.0102. The Morgan fingerprint density at radius 3 is 2.33 bits per heavy atom. The maximum atomic E-state index is 12.3. The van der Waals surface area contributed by atoms with Gasteiger partial charge in [-0.15, -0.1) is 11.8 Å². The molecule has 0 aliphatic heterocycles. The number of H-pyrrole nitrogens is 1. The molecule has 0 atom stereocenters. The van der Waals surface area contributed by atoms with Crippen LogP contribution in [0.5, 0.6) is 0 Å². The van der Waals surface area contributed by atoms with Crippen molar-refractivity contribution in [3.05, 3.63) is 51.3 Å². The number of hydrogen-bond donors (Lipinski definition) is 1. The second-order valence-electron chi connectivity index (χ2n) is 4.85. The van der Waals surface area contributed by atoms with Crippen LogP contribution in [0.15, 0.2) is 33.6 Å². The Bertz CT molecular complexity index is 689. The number of aromatic amines is 1. The lowest BCUT2D eigenvalue weighted by atomic mass is 10.1. The fraction of sp³-hybridized carbons (Fsp3) is 0.250. The first-order chi connectivity index (χ1) is 9.90. The van der Waals surface area contributed by atoms with E-state index in [0.29, 0.717) is 17.0 Å². The number of carbonyl (C=O) groups is 2. The lowest BCUT2D eigenvalue weighted by molar-refractivity contribution is 0.101. The van der Waals surface area contributed by atoms with Gasteiger partial charge in [0.2, 0.25) is 0 Å². The van der Waals surface area contributed by atoms with E-state index in [1.807, 2.05) is 38.1 Å². The average Bonchev–Trinajstić information content (AvgIpc) is 2.73. The molecule has 0 amide bonds. The number of hydrogen-bond acceptors (Lipinski definition) is 3. The number of carbonyl (C=O) groups excluding carboxylic acids is 2. The molecule has 1 aromatic heterocycles. The number of halogens is 1. The SMILES string of the molecule is CC(=O)c1c(C)[nH]c(C(=O)CSc2ccc(Br)cc2)c1C. The number of benzene rings is 1. The lowest BCUT2D eigenvalue weighted by Gasteiger charge is -2.02. The molecule has 0 bridgehead atoms. The zero-order valence-corrected chi connectivity index (χ0v) is 14.5. The summed E-state index contributed by atoms with van der Waals surface area (Å²) in [6.07, 6.45) is 0. The molecule has 1 aromatic carbocycles. The summed E-state index contributed by atoms with van der Waals surface area (Å²) < 4.78 is 1.01. The predicted octanol–water partition coefficient (Wildman–Crippen LogP) is 4.57. The van der Waals surface area contributed by atoms with Crippen LogP contribution in [-0.2, 0) is 0 Å². The highest BCUT2D eigenvalue weighted by Crippen LogP contribution is 2.24. The summed E-state index contributed by atoms with van der Waals surface area (Å²) in [7, 11) is 0. The molecule has 0 aliphatic carbocycles. The average molecular weight is 366 g/mol. The second kappa shape index (κ2) is 6.62. The fourth-order valence-corrected chi connectivity index (χ4v) is 3.34.